The molecule has 0 N–H and O–H groups in total. The van der Waals surface area contributed by atoms with Gasteiger partial charge in [0.2, 0.25) is 5.91 Å². The van der Waals surface area contributed by atoms with Crippen LogP contribution in [0.4, 0.5) is 0 Å². The van der Waals surface area contributed by atoms with Crippen molar-refractivity contribution in [2.75, 3.05) is 6.54 Å². The minimum atomic E-state index is -0.309. The van der Waals surface area contributed by atoms with E-state index >= 15 is 0 Å². The molecule has 0 bridgehead atoms. The molecule has 0 spiro atoms. The topological polar surface area (TPSA) is 20.3 Å². The van der Waals surface area contributed by atoms with Gasteiger partial charge in [-0.25, -0.2) is 0 Å². The Hall–Kier alpha value is -1.57. The third-order valence-corrected chi connectivity index (χ3v) is 3.91. The van der Waals surface area contributed by atoms with Gasteiger partial charge in [-0.05, 0) is 25.3 Å². The van der Waals surface area contributed by atoms with Gasteiger partial charge in [-0.2, -0.15) is 0 Å². The number of carbonyl (C=O) groups excluding carboxylic acids is 1. The van der Waals surface area contributed by atoms with Crippen molar-refractivity contribution in [1.29, 1.82) is 0 Å². The van der Waals surface area contributed by atoms with Crippen LogP contribution in [0.15, 0.2) is 48.6 Å². The maximum Gasteiger partial charge on any atom is 0.228 e. The lowest BCUT2D eigenvalue weighted by atomic mass is 9.86. The fraction of sp³-hybridized carbons (Fsp3) is 0.500. The van der Waals surface area contributed by atoms with Crippen LogP contribution in [0.5, 0.6) is 0 Å². The van der Waals surface area contributed by atoms with Gasteiger partial charge >= 0.3 is 0 Å². The smallest absolute Gasteiger partial charge is 0.228 e. The Balaban J connectivity index is 2.92. The summed E-state index contributed by atoms with van der Waals surface area (Å²) in [5, 5.41) is 0. The van der Waals surface area contributed by atoms with Crippen LogP contribution < -0.4 is 0 Å². The number of hydrogen-bond acceptors (Lipinski definition) is 1. The zero-order valence-electron chi connectivity index (χ0n) is 13.2. The number of carbonyl (C=O) groups is 1. The molecule has 0 saturated carbocycles. The van der Waals surface area contributed by atoms with Gasteiger partial charge in [0.15, 0.2) is 0 Å². The Morgan fingerprint density at radius 2 is 2.15 bits per heavy atom. The van der Waals surface area contributed by atoms with E-state index in [0.717, 1.165) is 25.0 Å². The summed E-state index contributed by atoms with van der Waals surface area (Å²) in [7, 11) is 0. The van der Waals surface area contributed by atoms with E-state index in [-0.39, 0.29) is 17.4 Å². The molecule has 20 heavy (non-hydrogen) atoms. The molecule has 2 heteroatoms. The van der Waals surface area contributed by atoms with Crippen molar-refractivity contribution in [3.8, 4) is 0 Å². The van der Waals surface area contributed by atoms with Crippen molar-refractivity contribution in [3.63, 3.8) is 0 Å². The highest BCUT2D eigenvalue weighted by molar-refractivity contribution is 5.83. The first kappa shape index (κ1) is 16.5. The standard InChI is InChI=1S/C18H27NO/c1-6-8-9-12-15(3)16-13-10-11-14-19(16)17(20)18(4,5)7-2/h6,8-10,12-13,16H,3,7,11,14H2,1-2,4-5H3/b8-6-,12-9-/t16-/m0/s1. The van der Waals surface area contributed by atoms with Gasteiger partial charge in [-0.15, -0.1) is 0 Å². The molecule has 0 saturated heterocycles. The predicted molar refractivity (Wildman–Crippen MR) is 86.4 cm³/mol. The van der Waals surface area contributed by atoms with Crippen LogP contribution in [0.25, 0.3) is 0 Å². The highest BCUT2D eigenvalue weighted by atomic mass is 16.2. The Kier molecular flexibility index (Phi) is 6.00. The number of rotatable bonds is 5. The molecule has 0 aliphatic carbocycles. The predicted octanol–water partition coefficient (Wildman–Crippen LogP) is 4.27. The molecular formula is C18H27NO. The molecule has 2 nitrogen and oxygen atoms in total. The minimum Gasteiger partial charge on any atom is -0.331 e. The number of nitrogens with zero attached hydrogens (tertiary/aromatic N) is 1. The zero-order valence-corrected chi connectivity index (χ0v) is 13.2. The van der Waals surface area contributed by atoms with E-state index in [2.05, 4.69) is 25.7 Å². The van der Waals surface area contributed by atoms with E-state index in [1.807, 2.05) is 50.0 Å². The summed E-state index contributed by atoms with van der Waals surface area (Å²) in [6.07, 6.45) is 13.9. The van der Waals surface area contributed by atoms with Crippen molar-refractivity contribution < 1.29 is 4.79 Å². The molecule has 1 rings (SSSR count). The Morgan fingerprint density at radius 1 is 1.45 bits per heavy atom. The van der Waals surface area contributed by atoms with Crippen molar-refractivity contribution >= 4 is 5.91 Å². The van der Waals surface area contributed by atoms with Crippen LogP contribution in [-0.4, -0.2) is 23.4 Å². The maximum absolute atomic E-state index is 12.7. The van der Waals surface area contributed by atoms with Crippen LogP contribution in [-0.2, 0) is 4.79 Å². The summed E-state index contributed by atoms with van der Waals surface area (Å²) in [5.41, 5.74) is 0.649. The van der Waals surface area contributed by atoms with E-state index in [1.165, 1.54) is 0 Å². The minimum absolute atomic E-state index is 0.0106. The molecule has 0 fully saturated rings. The molecule has 0 aromatic rings. The Morgan fingerprint density at radius 3 is 2.75 bits per heavy atom. The lowest BCUT2D eigenvalue weighted by Gasteiger charge is -2.38. The summed E-state index contributed by atoms with van der Waals surface area (Å²) in [4.78, 5) is 14.7. The SMILES string of the molecule is C=C(/C=C\C=C/C)[C@@H]1C=CCCN1C(=O)C(C)(C)CC. The van der Waals surface area contributed by atoms with E-state index < -0.39 is 0 Å². The first-order valence-electron chi connectivity index (χ1n) is 7.40. The molecule has 1 heterocycles. The molecule has 0 aromatic carbocycles. The van der Waals surface area contributed by atoms with E-state index in [4.69, 9.17) is 0 Å². The average Bonchev–Trinajstić information content (AvgIpc) is 2.46. The summed E-state index contributed by atoms with van der Waals surface area (Å²) < 4.78 is 0. The van der Waals surface area contributed by atoms with Crippen molar-refractivity contribution in [2.45, 2.75) is 46.6 Å². The van der Waals surface area contributed by atoms with Crippen LogP contribution in [0.1, 0.15) is 40.5 Å². The van der Waals surface area contributed by atoms with Gasteiger partial charge in [0.05, 0.1) is 6.04 Å². The molecule has 1 aliphatic heterocycles. The molecule has 0 unspecified atom stereocenters. The van der Waals surface area contributed by atoms with E-state index in [0.29, 0.717) is 0 Å². The highest BCUT2D eigenvalue weighted by Gasteiger charge is 2.34. The van der Waals surface area contributed by atoms with Gasteiger partial charge in [0.1, 0.15) is 0 Å². The molecular weight excluding hydrogens is 246 g/mol. The largest absolute Gasteiger partial charge is 0.331 e. The summed E-state index contributed by atoms with van der Waals surface area (Å²) in [6, 6.07) is -0.0106. The lowest BCUT2D eigenvalue weighted by Crippen LogP contribution is -2.48. The zero-order chi connectivity index (χ0) is 15.2. The number of amides is 1. The van der Waals surface area contributed by atoms with Gasteiger partial charge in [-0.3, -0.25) is 4.79 Å². The van der Waals surface area contributed by atoms with Crippen LogP contribution in [0.2, 0.25) is 0 Å². The normalized spacial score (nSPS) is 20.0. The van der Waals surface area contributed by atoms with Gasteiger partial charge in [-0.1, -0.05) is 63.8 Å². The summed E-state index contributed by atoms with van der Waals surface area (Å²) >= 11 is 0. The van der Waals surface area contributed by atoms with Crippen molar-refractivity contribution in [2.24, 2.45) is 5.41 Å². The van der Waals surface area contributed by atoms with Crippen LogP contribution in [0.3, 0.4) is 0 Å². The quantitative estimate of drug-likeness (QED) is 0.541. The van der Waals surface area contributed by atoms with Gasteiger partial charge in [0, 0.05) is 12.0 Å². The Labute approximate surface area is 123 Å². The molecule has 1 amide bonds. The van der Waals surface area contributed by atoms with Gasteiger partial charge in [0.25, 0.3) is 0 Å². The third kappa shape index (κ3) is 3.96. The van der Waals surface area contributed by atoms with E-state index in [1.54, 1.807) is 0 Å². The first-order valence-corrected chi connectivity index (χ1v) is 7.40. The third-order valence-electron chi connectivity index (χ3n) is 3.91. The Bertz CT molecular complexity index is 440. The second-order valence-electron chi connectivity index (χ2n) is 5.86. The van der Waals surface area contributed by atoms with Crippen LogP contribution >= 0.6 is 0 Å². The maximum atomic E-state index is 12.7. The summed E-state index contributed by atoms with van der Waals surface area (Å²) in [5.74, 6) is 0.218. The summed E-state index contributed by atoms with van der Waals surface area (Å²) in [6.45, 7) is 13.0. The fourth-order valence-electron chi connectivity index (χ4n) is 2.16. The van der Waals surface area contributed by atoms with Crippen LogP contribution in [0, 0.1) is 5.41 Å². The average molecular weight is 273 g/mol. The molecule has 1 aliphatic rings. The van der Waals surface area contributed by atoms with Crippen molar-refractivity contribution in [3.05, 3.63) is 48.6 Å². The number of hydrogen-bond donors (Lipinski definition) is 0. The van der Waals surface area contributed by atoms with Crippen molar-refractivity contribution in [1.82, 2.24) is 4.90 Å². The van der Waals surface area contributed by atoms with E-state index in [9.17, 15) is 4.79 Å². The fourth-order valence-corrected chi connectivity index (χ4v) is 2.16. The second-order valence-corrected chi connectivity index (χ2v) is 5.86. The molecule has 0 radical (unpaired) electrons. The lowest BCUT2D eigenvalue weighted by molar-refractivity contribution is -0.141. The molecule has 1 atom stereocenters. The van der Waals surface area contributed by atoms with Gasteiger partial charge < -0.3 is 4.90 Å². The number of allylic oxidation sites excluding steroid dienone is 3. The molecule has 110 valence electrons. The second kappa shape index (κ2) is 7.28. The monoisotopic (exact) mass is 273 g/mol. The molecule has 0 aromatic heterocycles. The highest BCUT2D eigenvalue weighted by Crippen LogP contribution is 2.28. The first-order chi connectivity index (χ1) is 9.44.